The van der Waals surface area contributed by atoms with Crippen LogP contribution in [-0.4, -0.2) is 12.0 Å². The van der Waals surface area contributed by atoms with Crippen LogP contribution in [0.1, 0.15) is 17.2 Å². The van der Waals surface area contributed by atoms with Crippen molar-refractivity contribution < 1.29 is 14.3 Å². The Balaban J connectivity index is 1.63. The molecule has 3 rings (SSSR count). The molecule has 0 radical (unpaired) electrons. The molecule has 1 unspecified atom stereocenters. The molecule has 3 aromatic rings. The normalized spacial score (nSPS) is 11.1. The maximum Gasteiger partial charge on any atom is 0.408 e. The van der Waals surface area contributed by atoms with Crippen LogP contribution < -0.4 is 16.2 Å². The Kier molecular flexibility index (Phi) is 6.62. The predicted molar refractivity (Wildman–Crippen MR) is 107 cm³/mol. The molecule has 0 bridgehead atoms. The van der Waals surface area contributed by atoms with E-state index in [9.17, 15) is 9.59 Å². The van der Waals surface area contributed by atoms with Crippen LogP contribution in [0.3, 0.4) is 0 Å². The van der Waals surface area contributed by atoms with Crippen molar-refractivity contribution in [3.8, 4) is 0 Å². The van der Waals surface area contributed by atoms with Crippen LogP contribution in [0, 0.1) is 0 Å². The Morgan fingerprint density at radius 2 is 1.36 bits per heavy atom. The molecule has 0 aliphatic rings. The number of rotatable bonds is 7. The van der Waals surface area contributed by atoms with E-state index in [1.165, 1.54) is 0 Å². The quantitative estimate of drug-likeness (QED) is 0.549. The Hall–Kier alpha value is -3.80. The Labute approximate surface area is 163 Å². The molecule has 0 saturated heterocycles. The molecule has 6 heteroatoms. The van der Waals surface area contributed by atoms with E-state index in [0.717, 1.165) is 11.3 Å². The average molecular weight is 375 g/mol. The lowest BCUT2D eigenvalue weighted by atomic mass is 10.1. The molecule has 0 saturated carbocycles. The summed E-state index contributed by atoms with van der Waals surface area (Å²) in [5.74, 6) is -0.410. The zero-order valence-corrected chi connectivity index (χ0v) is 15.2. The molecular weight excluding hydrogens is 354 g/mol. The molecule has 0 aliphatic heterocycles. The first-order valence-electron chi connectivity index (χ1n) is 8.85. The number of benzene rings is 3. The van der Waals surface area contributed by atoms with Gasteiger partial charge >= 0.3 is 6.09 Å². The summed E-state index contributed by atoms with van der Waals surface area (Å²) in [7, 11) is 0. The molecule has 2 amide bonds. The molecule has 0 aliphatic carbocycles. The topological polar surface area (TPSA) is 79.5 Å². The molecule has 142 valence electrons. The van der Waals surface area contributed by atoms with Gasteiger partial charge in [-0.25, -0.2) is 4.79 Å². The molecule has 0 fully saturated rings. The smallest absolute Gasteiger partial charge is 0.408 e. The van der Waals surface area contributed by atoms with Crippen LogP contribution in [-0.2, 0) is 16.1 Å². The minimum absolute atomic E-state index is 0.123. The van der Waals surface area contributed by atoms with Crippen LogP contribution in [0.4, 0.5) is 10.5 Å². The van der Waals surface area contributed by atoms with Gasteiger partial charge in [0.05, 0.1) is 5.69 Å². The molecule has 0 heterocycles. The molecular formula is C22H21N3O3. The van der Waals surface area contributed by atoms with Crippen molar-refractivity contribution in [2.75, 3.05) is 5.43 Å². The number of ether oxygens (including phenoxy) is 1. The van der Waals surface area contributed by atoms with Gasteiger partial charge in [0.2, 0.25) is 0 Å². The van der Waals surface area contributed by atoms with E-state index < -0.39 is 18.0 Å². The summed E-state index contributed by atoms with van der Waals surface area (Å²) in [5, 5.41) is 2.63. The lowest BCUT2D eigenvalue weighted by molar-refractivity contribution is -0.122. The van der Waals surface area contributed by atoms with Gasteiger partial charge in [-0.2, -0.15) is 0 Å². The van der Waals surface area contributed by atoms with Crippen LogP contribution in [0.15, 0.2) is 91.0 Å². The van der Waals surface area contributed by atoms with Crippen LogP contribution >= 0.6 is 0 Å². The second-order valence-electron chi connectivity index (χ2n) is 6.03. The number of para-hydroxylation sites is 1. The Morgan fingerprint density at radius 1 is 0.786 bits per heavy atom. The van der Waals surface area contributed by atoms with Crippen molar-refractivity contribution in [1.29, 1.82) is 0 Å². The number of carbonyl (C=O) groups excluding carboxylic acids is 2. The number of hydrazine groups is 1. The summed E-state index contributed by atoms with van der Waals surface area (Å²) in [6.07, 6.45) is -0.674. The van der Waals surface area contributed by atoms with Gasteiger partial charge in [-0.15, -0.1) is 0 Å². The van der Waals surface area contributed by atoms with Crippen LogP contribution in [0.25, 0.3) is 0 Å². The number of alkyl carbamates (subject to hydrolysis) is 1. The van der Waals surface area contributed by atoms with Gasteiger partial charge in [0, 0.05) is 0 Å². The highest BCUT2D eigenvalue weighted by atomic mass is 16.5. The minimum atomic E-state index is -0.902. The molecule has 3 aromatic carbocycles. The molecule has 28 heavy (non-hydrogen) atoms. The highest BCUT2D eigenvalue weighted by Gasteiger charge is 2.23. The van der Waals surface area contributed by atoms with Gasteiger partial charge in [0.1, 0.15) is 12.6 Å². The third-order valence-electron chi connectivity index (χ3n) is 3.97. The van der Waals surface area contributed by atoms with Gasteiger partial charge in [0.15, 0.2) is 0 Å². The number of nitrogens with one attached hydrogen (secondary N) is 3. The summed E-state index contributed by atoms with van der Waals surface area (Å²) in [6.45, 7) is 0.123. The van der Waals surface area contributed by atoms with Gasteiger partial charge in [-0.3, -0.25) is 15.6 Å². The summed E-state index contributed by atoms with van der Waals surface area (Å²) in [4.78, 5) is 24.9. The van der Waals surface area contributed by atoms with E-state index in [0.29, 0.717) is 5.56 Å². The summed E-state index contributed by atoms with van der Waals surface area (Å²) < 4.78 is 5.24. The standard InChI is InChI=1S/C22H21N3O3/c26-21(25-24-19-14-8-3-9-15-19)20(18-12-6-2-7-13-18)23-22(27)28-16-17-10-4-1-5-11-17/h1-15,20,24H,16H2,(H,23,27)(H,25,26). The lowest BCUT2D eigenvalue weighted by Crippen LogP contribution is -2.42. The second kappa shape index (κ2) is 9.78. The van der Waals surface area contributed by atoms with Crippen molar-refractivity contribution in [3.05, 3.63) is 102 Å². The summed E-state index contributed by atoms with van der Waals surface area (Å²) in [5.41, 5.74) is 7.69. The fraction of sp³-hybridized carbons (Fsp3) is 0.0909. The number of anilines is 1. The Morgan fingerprint density at radius 3 is 2.00 bits per heavy atom. The van der Waals surface area contributed by atoms with Crippen molar-refractivity contribution in [1.82, 2.24) is 10.7 Å². The van der Waals surface area contributed by atoms with E-state index in [1.807, 2.05) is 66.7 Å². The van der Waals surface area contributed by atoms with E-state index in [1.54, 1.807) is 24.3 Å². The van der Waals surface area contributed by atoms with E-state index in [2.05, 4.69) is 16.2 Å². The van der Waals surface area contributed by atoms with Crippen molar-refractivity contribution >= 4 is 17.7 Å². The summed E-state index contributed by atoms with van der Waals surface area (Å²) in [6, 6.07) is 26.6. The van der Waals surface area contributed by atoms with Gasteiger partial charge in [0.25, 0.3) is 5.91 Å². The SMILES string of the molecule is O=C(NC(C(=O)NNc1ccccc1)c1ccccc1)OCc1ccccc1. The number of hydrogen-bond donors (Lipinski definition) is 3. The van der Waals surface area contributed by atoms with Gasteiger partial charge in [-0.1, -0.05) is 78.9 Å². The van der Waals surface area contributed by atoms with Crippen molar-refractivity contribution in [2.45, 2.75) is 12.6 Å². The monoisotopic (exact) mass is 375 g/mol. The van der Waals surface area contributed by atoms with Gasteiger partial charge < -0.3 is 10.1 Å². The Bertz CT molecular complexity index is 887. The second-order valence-corrected chi connectivity index (χ2v) is 6.03. The number of hydrogen-bond acceptors (Lipinski definition) is 4. The molecule has 6 nitrogen and oxygen atoms in total. The molecule has 0 spiro atoms. The zero-order valence-electron chi connectivity index (χ0n) is 15.2. The van der Waals surface area contributed by atoms with Crippen LogP contribution in [0.2, 0.25) is 0 Å². The third kappa shape index (κ3) is 5.60. The van der Waals surface area contributed by atoms with Gasteiger partial charge in [-0.05, 0) is 23.3 Å². The zero-order chi connectivity index (χ0) is 19.6. The first-order chi connectivity index (χ1) is 13.7. The summed E-state index contributed by atoms with van der Waals surface area (Å²) >= 11 is 0. The van der Waals surface area contributed by atoms with Crippen LogP contribution in [0.5, 0.6) is 0 Å². The fourth-order valence-electron chi connectivity index (χ4n) is 2.56. The minimum Gasteiger partial charge on any atom is -0.445 e. The van der Waals surface area contributed by atoms with Crippen molar-refractivity contribution in [3.63, 3.8) is 0 Å². The maximum atomic E-state index is 12.7. The van der Waals surface area contributed by atoms with E-state index in [-0.39, 0.29) is 6.61 Å². The van der Waals surface area contributed by atoms with E-state index in [4.69, 9.17) is 4.74 Å². The lowest BCUT2D eigenvalue weighted by Gasteiger charge is -2.19. The van der Waals surface area contributed by atoms with E-state index >= 15 is 0 Å². The first-order valence-corrected chi connectivity index (χ1v) is 8.85. The third-order valence-corrected chi connectivity index (χ3v) is 3.97. The maximum absolute atomic E-state index is 12.7. The predicted octanol–water partition coefficient (Wildman–Crippen LogP) is 3.80. The van der Waals surface area contributed by atoms with Crippen molar-refractivity contribution in [2.24, 2.45) is 0 Å². The molecule has 0 aromatic heterocycles. The highest BCUT2D eigenvalue weighted by Crippen LogP contribution is 2.14. The first kappa shape index (κ1) is 19.0. The number of carbonyl (C=O) groups is 2. The molecule has 3 N–H and O–H groups in total. The highest BCUT2D eigenvalue weighted by molar-refractivity contribution is 5.87. The average Bonchev–Trinajstić information content (AvgIpc) is 2.76. The largest absolute Gasteiger partial charge is 0.445 e. The number of amides is 2. The fourth-order valence-corrected chi connectivity index (χ4v) is 2.56. The molecule has 1 atom stereocenters.